The Hall–Kier alpha value is -0.590. The second-order valence-corrected chi connectivity index (χ2v) is 4.65. The van der Waals surface area contributed by atoms with Gasteiger partial charge in [-0.25, -0.2) is 0 Å². The molecule has 1 fully saturated rings. The fourth-order valence-electron chi connectivity index (χ4n) is 2.24. The first-order valence-electron chi connectivity index (χ1n) is 6.05. The van der Waals surface area contributed by atoms with Gasteiger partial charge in [-0.3, -0.25) is 0 Å². The van der Waals surface area contributed by atoms with E-state index in [0.29, 0.717) is 12.5 Å². The molecule has 1 N–H and O–H groups in total. The van der Waals surface area contributed by atoms with Crippen LogP contribution in [0.2, 0.25) is 0 Å². The van der Waals surface area contributed by atoms with Crippen molar-refractivity contribution in [3.63, 3.8) is 0 Å². The van der Waals surface area contributed by atoms with Gasteiger partial charge in [0.05, 0.1) is 12.5 Å². The van der Waals surface area contributed by atoms with E-state index in [1.165, 1.54) is 25.9 Å². The van der Waals surface area contributed by atoms with Crippen molar-refractivity contribution in [3.8, 4) is 6.07 Å². The molecule has 3 nitrogen and oxygen atoms in total. The van der Waals surface area contributed by atoms with Crippen molar-refractivity contribution in [2.45, 2.75) is 38.6 Å². The lowest BCUT2D eigenvalue weighted by molar-refractivity contribution is 0.202. The standard InChI is InChI=1S/C12H23N3/c1-3-12(6-7-13)14-9-11-5-4-8-15(2)10-11/h11-12,14H,3-6,8-10H2,1-2H3. The third-order valence-electron chi connectivity index (χ3n) is 3.25. The fraction of sp³-hybridized carbons (Fsp3) is 0.917. The zero-order chi connectivity index (χ0) is 11.1. The molecule has 0 amide bonds. The first kappa shape index (κ1) is 12.5. The minimum atomic E-state index is 0.391. The summed E-state index contributed by atoms with van der Waals surface area (Å²) in [5.41, 5.74) is 0. The van der Waals surface area contributed by atoms with Gasteiger partial charge in [-0.1, -0.05) is 6.92 Å². The second kappa shape index (κ2) is 6.81. The third-order valence-corrected chi connectivity index (χ3v) is 3.25. The van der Waals surface area contributed by atoms with E-state index in [4.69, 9.17) is 5.26 Å². The molecule has 0 aromatic rings. The van der Waals surface area contributed by atoms with Crippen molar-refractivity contribution in [1.82, 2.24) is 10.2 Å². The van der Waals surface area contributed by atoms with Gasteiger partial charge < -0.3 is 10.2 Å². The van der Waals surface area contributed by atoms with Crippen LogP contribution in [-0.4, -0.2) is 37.6 Å². The molecule has 0 radical (unpaired) electrons. The van der Waals surface area contributed by atoms with Crippen LogP contribution in [-0.2, 0) is 0 Å². The first-order valence-corrected chi connectivity index (χ1v) is 6.05. The number of hydrogen-bond acceptors (Lipinski definition) is 3. The molecule has 0 bridgehead atoms. The lowest BCUT2D eigenvalue weighted by Gasteiger charge is -2.30. The lowest BCUT2D eigenvalue weighted by atomic mass is 9.98. The summed E-state index contributed by atoms with van der Waals surface area (Å²) in [5.74, 6) is 0.775. The van der Waals surface area contributed by atoms with Crippen LogP contribution < -0.4 is 5.32 Å². The average Bonchev–Trinajstić information content (AvgIpc) is 2.24. The van der Waals surface area contributed by atoms with E-state index in [2.05, 4.69) is 30.3 Å². The number of piperidine rings is 1. The number of hydrogen-bond donors (Lipinski definition) is 1. The zero-order valence-electron chi connectivity index (χ0n) is 10.00. The van der Waals surface area contributed by atoms with Gasteiger partial charge in [-0.15, -0.1) is 0 Å². The predicted octanol–water partition coefficient (Wildman–Crippen LogP) is 1.61. The van der Waals surface area contributed by atoms with E-state index in [1.807, 2.05) is 0 Å². The molecule has 15 heavy (non-hydrogen) atoms. The van der Waals surface area contributed by atoms with E-state index in [1.54, 1.807) is 0 Å². The van der Waals surface area contributed by atoms with Crippen LogP contribution in [0.4, 0.5) is 0 Å². The molecule has 3 heteroatoms. The van der Waals surface area contributed by atoms with Gasteiger partial charge in [0.1, 0.15) is 0 Å². The summed E-state index contributed by atoms with van der Waals surface area (Å²) in [5, 5.41) is 12.2. The van der Waals surface area contributed by atoms with Gasteiger partial charge in [0.25, 0.3) is 0 Å². The summed E-state index contributed by atoms with van der Waals surface area (Å²) in [6, 6.07) is 2.63. The van der Waals surface area contributed by atoms with Crippen molar-refractivity contribution in [3.05, 3.63) is 0 Å². The van der Waals surface area contributed by atoms with Crippen LogP contribution >= 0.6 is 0 Å². The van der Waals surface area contributed by atoms with Crippen LogP contribution in [0.1, 0.15) is 32.6 Å². The maximum absolute atomic E-state index is 8.65. The molecular weight excluding hydrogens is 186 g/mol. The Morgan fingerprint density at radius 1 is 1.60 bits per heavy atom. The summed E-state index contributed by atoms with van der Waals surface area (Å²) >= 11 is 0. The largest absolute Gasteiger partial charge is 0.313 e. The minimum absolute atomic E-state index is 0.391. The molecule has 0 aromatic carbocycles. The molecular formula is C12H23N3. The Balaban J connectivity index is 2.20. The molecule has 2 unspecified atom stereocenters. The van der Waals surface area contributed by atoms with Gasteiger partial charge in [0.15, 0.2) is 0 Å². The van der Waals surface area contributed by atoms with Crippen molar-refractivity contribution in [2.24, 2.45) is 5.92 Å². The van der Waals surface area contributed by atoms with Crippen LogP contribution in [0.15, 0.2) is 0 Å². The first-order chi connectivity index (χ1) is 7.26. The van der Waals surface area contributed by atoms with Gasteiger partial charge in [-0.05, 0) is 45.3 Å². The maximum Gasteiger partial charge on any atom is 0.0638 e. The lowest BCUT2D eigenvalue weighted by Crippen LogP contribution is -2.40. The molecule has 1 heterocycles. The van der Waals surface area contributed by atoms with E-state index in [-0.39, 0.29) is 0 Å². The summed E-state index contributed by atoms with van der Waals surface area (Å²) < 4.78 is 0. The molecule has 2 atom stereocenters. The topological polar surface area (TPSA) is 39.1 Å². The van der Waals surface area contributed by atoms with Crippen molar-refractivity contribution in [1.29, 1.82) is 5.26 Å². The Bertz CT molecular complexity index is 209. The highest BCUT2D eigenvalue weighted by atomic mass is 15.1. The normalized spacial score (nSPS) is 24.7. The molecule has 1 rings (SSSR count). The van der Waals surface area contributed by atoms with E-state index in [9.17, 15) is 0 Å². The highest BCUT2D eigenvalue weighted by Crippen LogP contribution is 2.14. The molecule has 0 aromatic heterocycles. The van der Waals surface area contributed by atoms with E-state index in [0.717, 1.165) is 18.9 Å². The van der Waals surface area contributed by atoms with E-state index < -0.39 is 0 Å². The SMILES string of the molecule is CCC(CC#N)NCC1CCCN(C)C1. The number of nitrogens with zero attached hydrogens (tertiary/aromatic N) is 2. The highest BCUT2D eigenvalue weighted by Gasteiger charge is 2.17. The Kier molecular flexibility index (Phi) is 5.67. The Morgan fingerprint density at radius 2 is 2.40 bits per heavy atom. The molecule has 1 aliphatic heterocycles. The highest BCUT2D eigenvalue weighted by molar-refractivity contribution is 4.81. The minimum Gasteiger partial charge on any atom is -0.313 e. The number of nitrogens with one attached hydrogen (secondary N) is 1. The smallest absolute Gasteiger partial charge is 0.0638 e. The van der Waals surface area contributed by atoms with Gasteiger partial charge >= 0.3 is 0 Å². The zero-order valence-corrected chi connectivity index (χ0v) is 10.00. The Morgan fingerprint density at radius 3 is 3.00 bits per heavy atom. The number of rotatable bonds is 5. The van der Waals surface area contributed by atoms with Crippen LogP contribution in [0.5, 0.6) is 0 Å². The molecule has 0 spiro atoms. The molecule has 86 valence electrons. The van der Waals surface area contributed by atoms with Crippen LogP contribution in [0.25, 0.3) is 0 Å². The number of nitriles is 1. The van der Waals surface area contributed by atoms with Crippen LogP contribution in [0.3, 0.4) is 0 Å². The van der Waals surface area contributed by atoms with Crippen molar-refractivity contribution in [2.75, 3.05) is 26.7 Å². The van der Waals surface area contributed by atoms with Crippen molar-refractivity contribution >= 4 is 0 Å². The summed E-state index contributed by atoms with van der Waals surface area (Å²) in [4.78, 5) is 2.40. The van der Waals surface area contributed by atoms with Crippen LogP contribution in [0, 0.1) is 17.2 Å². The van der Waals surface area contributed by atoms with Gasteiger partial charge in [0, 0.05) is 12.6 Å². The van der Waals surface area contributed by atoms with Crippen molar-refractivity contribution < 1.29 is 0 Å². The fourth-order valence-corrected chi connectivity index (χ4v) is 2.24. The summed E-state index contributed by atoms with van der Waals surface area (Å²) in [6.45, 7) is 5.66. The number of likely N-dealkylation sites (tertiary alicyclic amines) is 1. The maximum atomic E-state index is 8.65. The second-order valence-electron chi connectivity index (χ2n) is 4.65. The Labute approximate surface area is 93.5 Å². The van der Waals surface area contributed by atoms with E-state index >= 15 is 0 Å². The van der Waals surface area contributed by atoms with Gasteiger partial charge in [0.2, 0.25) is 0 Å². The molecule has 1 saturated heterocycles. The quantitative estimate of drug-likeness (QED) is 0.747. The summed E-state index contributed by atoms with van der Waals surface area (Å²) in [6.07, 6.45) is 4.34. The molecule has 0 aliphatic carbocycles. The monoisotopic (exact) mass is 209 g/mol. The molecule has 1 aliphatic rings. The third kappa shape index (κ3) is 4.63. The molecule has 0 saturated carbocycles. The summed E-state index contributed by atoms with van der Waals surface area (Å²) in [7, 11) is 2.19. The average molecular weight is 209 g/mol. The predicted molar refractivity (Wildman–Crippen MR) is 62.5 cm³/mol. The van der Waals surface area contributed by atoms with Gasteiger partial charge in [-0.2, -0.15) is 5.26 Å².